The van der Waals surface area contributed by atoms with Crippen molar-refractivity contribution in [2.75, 3.05) is 13.1 Å². The second-order valence-electron chi connectivity index (χ2n) is 6.66. The number of rotatable bonds is 4. The Balaban J connectivity index is 1.42. The van der Waals surface area contributed by atoms with Gasteiger partial charge in [-0.3, -0.25) is 9.69 Å². The Hall–Kier alpha value is -1.50. The number of amides is 1. The Labute approximate surface area is 156 Å². The van der Waals surface area contributed by atoms with Crippen LogP contribution in [-0.4, -0.2) is 41.0 Å². The van der Waals surface area contributed by atoms with Crippen molar-refractivity contribution in [1.29, 1.82) is 0 Å². The number of carbonyl (C=O) groups excluding carboxylic acids is 1. The number of nitrogens with zero attached hydrogens (tertiary/aromatic N) is 2. The van der Waals surface area contributed by atoms with Crippen molar-refractivity contribution in [2.45, 2.75) is 41.8 Å². The molecule has 4 heterocycles. The van der Waals surface area contributed by atoms with E-state index in [4.69, 9.17) is 16.0 Å². The normalized spacial score (nSPS) is 28.1. The van der Waals surface area contributed by atoms with Crippen molar-refractivity contribution in [3.63, 3.8) is 0 Å². The molecule has 0 radical (unpaired) electrons. The predicted octanol–water partition coefficient (Wildman–Crippen LogP) is 3.69. The molecule has 3 aliphatic heterocycles. The molecule has 132 valence electrons. The average molecular weight is 378 g/mol. The second-order valence-corrected chi connectivity index (χ2v) is 8.17. The minimum absolute atomic E-state index is 0.119. The summed E-state index contributed by atoms with van der Waals surface area (Å²) in [6.45, 7) is 4.46. The van der Waals surface area contributed by atoms with Crippen molar-refractivity contribution in [2.24, 2.45) is 5.92 Å². The molecule has 2 bridgehead atoms. The Morgan fingerprint density at radius 2 is 2.20 bits per heavy atom. The van der Waals surface area contributed by atoms with E-state index in [9.17, 15) is 4.79 Å². The van der Waals surface area contributed by atoms with Crippen LogP contribution in [0.3, 0.4) is 0 Å². The molecule has 2 atom stereocenters. The van der Waals surface area contributed by atoms with E-state index in [0.29, 0.717) is 22.1 Å². The van der Waals surface area contributed by atoms with Crippen LogP contribution in [0.25, 0.3) is 0 Å². The summed E-state index contributed by atoms with van der Waals surface area (Å²) in [5, 5.41) is 4.38. The highest BCUT2D eigenvalue weighted by Crippen LogP contribution is 2.33. The number of nitrogens with one attached hydrogen (secondary N) is 1. The number of hydrogen-bond acceptors (Lipinski definition) is 5. The third-order valence-corrected chi connectivity index (χ3v) is 6.28. The third-order valence-electron chi connectivity index (χ3n) is 5.17. The van der Waals surface area contributed by atoms with Gasteiger partial charge in [-0.25, -0.2) is 4.98 Å². The largest absolute Gasteiger partial charge is 0.425 e. The number of halogens is 1. The summed E-state index contributed by atoms with van der Waals surface area (Å²) in [7, 11) is 0. The van der Waals surface area contributed by atoms with E-state index in [1.165, 1.54) is 11.8 Å². The number of carbonyl (C=O) groups is 1. The standard InChI is InChI=1S/C18H20ClN3O2S/c1-11-16(12-5-7-22(11)8-6-12)21-17(23)18-20-10-15(24-18)25-14-4-2-3-13(19)9-14/h2-4,9-12,16H,5-8H2,1H3,(H,21,23)/t11-,16-/m0/s1. The van der Waals surface area contributed by atoms with E-state index >= 15 is 0 Å². The fourth-order valence-electron chi connectivity index (χ4n) is 3.82. The first-order valence-corrected chi connectivity index (χ1v) is 9.74. The van der Waals surface area contributed by atoms with Gasteiger partial charge in [0.1, 0.15) is 0 Å². The van der Waals surface area contributed by atoms with Gasteiger partial charge in [0.05, 0.1) is 6.20 Å². The van der Waals surface area contributed by atoms with Crippen molar-refractivity contribution >= 4 is 29.3 Å². The molecule has 3 aliphatic rings. The first-order chi connectivity index (χ1) is 12.1. The maximum absolute atomic E-state index is 12.5. The molecule has 25 heavy (non-hydrogen) atoms. The fourth-order valence-corrected chi connectivity index (χ4v) is 4.86. The van der Waals surface area contributed by atoms with E-state index in [-0.39, 0.29) is 17.8 Å². The molecular weight excluding hydrogens is 358 g/mol. The summed E-state index contributed by atoms with van der Waals surface area (Å²) in [6, 6.07) is 8.03. The molecule has 0 unspecified atom stereocenters. The molecule has 0 spiro atoms. The molecule has 1 aromatic heterocycles. The topological polar surface area (TPSA) is 58.4 Å². The van der Waals surface area contributed by atoms with Gasteiger partial charge in [0.2, 0.25) is 0 Å². The van der Waals surface area contributed by atoms with Crippen molar-refractivity contribution < 1.29 is 9.21 Å². The highest BCUT2D eigenvalue weighted by atomic mass is 35.5. The maximum atomic E-state index is 12.5. The van der Waals surface area contributed by atoms with E-state index in [1.54, 1.807) is 6.20 Å². The molecule has 0 aliphatic carbocycles. The van der Waals surface area contributed by atoms with Gasteiger partial charge in [0.25, 0.3) is 5.89 Å². The van der Waals surface area contributed by atoms with Crippen LogP contribution in [0.2, 0.25) is 5.02 Å². The van der Waals surface area contributed by atoms with Crippen LogP contribution in [0.4, 0.5) is 0 Å². The van der Waals surface area contributed by atoms with E-state index in [2.05, 4.69) is 22.1 Å². The summed E-state index contributed by atoms with van der Waals surface area (Å²) < 4.78 is 5.63. The first-order valence-electron chi connectivity index (χ1n) is 8.54. The van der Waals surface area contributed by atoms with Gasteiger partial charge in [-0.2, -0.15) is 0 Å². The number of piperidine rings is 3. The Morgan fingerprint density at radius 3 is 2.92 bits per heavy atom. The molecule has 5 rings (SSSR count). The number of benzene rings is 1. The highest BCUT2D eigenvalue weighted by Gasteiger charge is 2.40. The van der Waals surface area contributed by atoms with Crippen LogP contribution in [0.15, 0.2) is 44.9 Å². The number of hydrogen-bond donors (Lipinski definition) is 1. The fraction of sp³-hybridized carbons (Fsp3) is 0.444. The lowest BCUT2D eigenvalue weighted by atomic mass is 9.79. The van der Waals surface area contributed by atoms with Crippen LogP contribution >= 0.6 is 23.4 Å². The van der Waals surface area contributed by atoms with Crippen molar-refractivity contribution in [3.8, 4) is 0 Å². The van der Waals surface area contributed by atoms with Gasteiger partial charge >= 0.3 is 5.91 Å². The van der Waals surface area contributed by atoms with E-state index < -0.39 is 0 Å². The first kappa shape index (κ1) is 16.9. The molecular formula is C18H20ClN3O2S. The summed E-state index contributed by atoms with van der Waals surface area (Å²) >= 11 is 7.39. The molecule has 1 N–H and O–H groups in total. The van der Waals surface area contributed by atoms with Gasteiger partial charge in [0, 0.05) is 22.0 Å². The Bertz CT molecular complexity index is 771. The molecule has 1 aromatic carbocycles. The van der Waals surface area contributed by atoms with E-state index in [1.807, 2.05) is 24.3 Å². The molecule has 2 aromatic rings. The Morgan fingerprint density at radius 1 is 1.40 bits per heavy atom. The summed E-state index contributed by atoms with van der Waals surface area (Å²) in [4.78, 5) is 20.1. The van der Waals surface area contributed by atoms with Gasteiger partial charge in [-0.15, -0.1) is 0 Å². The number of fused-ring (bicyclic) bond motifs is 3. The zero-order valence-electron chi connectivity index (χ0n) is 13.9. The zero-order valence-corrected chi connectivity index (χ0v) is 15.5. The van der Waals surface area contributed by atoms with Crippen LogP contribution in [0.1, 0.15) is 30.5 Å². The smallest absolute Gasteiger partial charge is 0.307 e. The molecule has 3 fully saturated rings. The van der Waals surface area contributed by atoms with Crippen LogP contribution < -0.4 is 5.32 Å². The lowest BCUT2D eigenvalue weighted by Gasteiger charge is -2.49. The monoisotopic (exact) mass is 377 g/mol. The molecule has 0 saturated carbocycles. The SMILES string of the molecule is C[C@H]1[C@H](NC(=O)c2ncc(Sc3cccc(Cl)c3)o2)C2CCN1CC2. The molecule has 3 saturated heterocycles. The van der Waals surface area contributed by atoms with Gasteiger partial charge in [0.15, 0.2) is 5.09 Å². The van der Waals surface area contributed by atoms with Crippen molar-refractivity contribution in [3.05, 3.63) is 41.4 Å². The second kappa shape index (κ2) is 7.02. The molecule has 7 heteroatoms. The number of aromatic nitrogens is 1. The van der Waals surface area contributed by atoms with Crippen molar-refractivity contribution in [1.82, 2.24) is 15.2 Å². The minimum atomic E-state index is -0.233. The minimum Gasteiger partial charge on any atom is -0.425 e. The lowest BCUT2D eigenvalue weighted by Crippen LogP contribution is -2.62. The van der Waals surface area contributed by atoms with E-state index in [0.717, 1.165) is 30.8 Å². The summed E-state index contributed by atoms with van der Waals surface area (Å²) in [5.41, 5.74) is 0. The van der Waals surface area contributed by atoms with Crippen LogP contribution in [0.5, 0.6) is 0 Å². The maximum Gasteiger partial charge on any atom is 0.307 e. The summed E-state index contributed by atoms with van der Waals surface area (Å²) in [5.74, 6) is 0.441. The summed E-state index contributed by atoms with van der Waals surface area (Å²) in [6.07, 6.45) is 3.88. The number of oxazole rings is 1. The molecule has 5 nitrogen and oxygen atoms in total. The highest BCUT2D eigenvalue weighted by molar-refractivity contribution is 7.99. The van der Waals surface area contributed by atoms with Gasteiger partial charge in [-0.05, 0) is 57.0 Å². The van der Waals surface area contributed by atoms with Crippen LogP contribution in [0, 0.1) is 5.92 Å². The van der Waals surface area contributed by atoms with Gasteiger partial charge < -0.3 is 9.73 Å². The third kappa shape index (κ3) is 3.57. The zero-order chi connectivity index (χ0) is 17.4. The quantitative estimate of drug-likeness (QED) is 0.880. The average Bonchev–Trinajstić information content (AvgIpc) is 3.07. The van der Waals surface area contributed by atoms with Crippen LogP contribution in [-0.2, 0) is 0 Å². The van der Waals surface area contributed by atoms with Gasteiger partial charge in [-0.1, -0.05) is 29.4 Å². The molecule has 1 amide bonds. The lowest BCUT2D eigenvalue weighted by molar-refractivity contribution is 0.0209. The predicted molar refractivity (Wildman–Crippen MR) is 97.1 cm³/mol. The Kier molecular flexibility index (Phi) is 4.75.